The highest BCUT2D eigenvalue weighted by Gasteiger charge is 2.27. The minimum atomic E-state index is 0.799. The SMILES string of the molecule is CCCCCC1CCC(C(CC)c2ccccc2)CC1. The molecule has 0 aromatic heterocycles. The van der Waals surface area contributed by atoms with E-state index in [4.69, 9.17) is 0 Å². The standard InChI is InChI=1S/C20H32/c1-3-5-7-10-17-13-15-19(16-14-17)20(4-2)18-11-8-6-9-12-18/h6,8-9,11-12,17,19-20H,3-5,7,10,13-16H2,1-2H3. The molecular weight excluding hydrogens is 240 g/mol. The van der Waals surface area contributed by atoms with Crippen molar-refractivity contribution < 1.29 is 0 Å². The fourth-order valence-corrected chi connectivity index (χ4v) is 4.10. The lowest BCUT2D eigenvalue weighted by Crippen LogP contribution is -2.20. The summed E-state index contributed by atoms with van der Waals surface area (Å²) in [5, 5.41) is 0. The van der Waals surface area contributed by atoms with E-state index in [2.05, 4.69) is 44.2 Å². The first-order valence-electron chi connectivity index (χ1n) is 8.90. The molecule has 0 aliphatic heterocycles. The maximum Gasteiger partial charge on any atom is -0.0136 e. The molecule has 112 valence electrons. The third-order valence-corrected chi connectivity index (χ3v) is 5.34. The third kappa shape index (κ3) is 4.36. The van der Waals surface area contributed by atoms with Gasteiger partial charge in [-0.05, 0) is 42.6 Å². The van der Waals surface area contributed by atoms with E-state index in [1.165, 1.54) is 57.8 Å². The highest BCUT2D eigenvalue weighted by molar-refractivity contribution is 5.20. The van der Waals surface area contributed by atoms with Crippen molar-refractivity contribution in [1.29, 1.82) is 0 Å². The smallest absolute Gasteiger partial charge is 0.0136 e. The molecule has 1 aromatic rings. The summed E-state index contributed by atoms with van der Waals surface area (Å²) in [5.74, 6) is 2.77. The van der Waals surface area contributed by atoms with E-state index in [0.29, 0.717) is 0 Å². The van der Waals surface area contributed by atoms with Crippen molar-refractivity contribution in [1.82, 2.24) is 0 Å². The lowest BCUT2D eigenvalue weighted by molar-refractivity contribution is 0.227. The quantitative estimate of drug-likeness (QED) is 0.493. The van der Waals surface area contributed by atoms with Crippen molar-refractivity contribution in [2.24, 2.45) is 11.8 Å². The first-order chi connectivity index (χ1) is 9.85. The molecule has 1 fully saturated rings. The molecule has 20 heavy (non-hydrogen) atoms. The monoisotopic (exact) mass is 272 g/mol. The first-order valence-corrected chi connectivity index (χ1v) is 8.90. The van der Waals surface area contributed by atoms with Crippen LogP contribution in [0.15, 0.2) is 30.3 Å². The summed E-state index contributed by atoms with van der Waals surface area (Å²) in [6.07, 6.45) is 12.9. The molecule has 1 aliphatic rings. The third-order valence-electron chi connectivity index (χ3n) is 5.34. The van der Waals surface area contributed by atoms with Gasteiger partial charge in [-0.1, -0.05) is 82.7 Å². The molecule has 0 saturated heterocycles. The molecule has 0 amide bonds. The average molecular weight is 272 g/mol. The van der Waals surface area contributed by atoms with Crippen molar-refractivity contribution in [2.75, 3.05) is 0 Å². The largest absolute Gasteiger partial charge is 0.0654 e. The van der Waals surface area contributed by atoms with Gasteiger partial charge in [0.05, 0.1) is 0 Å². The number of rotatable bonds is 7. The van der Waals surface area contributed by atoms with Gasteiger partial charge in [0, 0.05) is 0 Å². The summed E-state index contributed by atoms with van der Waals surface area (Å²) in [5.41, 5.74) is 1.57. The van der Waals surface area contributed by atoms with Crippen LogP contribution in [0.2, 0.25) is 0 Å². The predicted octanol–water partition coefficient (Wildman–Crippen LogP) is 6.57. The van der Waals surface area contributed by atoms with Gasteiger partial charge in [0.1, 0.15) is 0 Å². The Kier molecular flexibility index (Phi) is 6.63. The number of unbranched alkanes of at least 4 members (excludes halogenated alkanes) is 2. The lowest BCUT2D eigenvalue weighted by Gasteiger charge is -2.34. The molecule has 0 radical (unpaired) electrons. The van der Waals surface area contributed by atoms with Gasteiger partial charge >= 0.3 is 0 Å². The molecule has 0 spiro atoms. The van der Waals surface area contributed by atoms with Gasteiger partial charge in [-0.25, -0.2) is 0 Å². The molecule has 0 bridgehead atoms. The Morgan fingerprint density at radius 2 is 1.65 bits per heavy atom. The molecule has 1 atom stereocenters. The van der Waals surface area contributed by atoms with E-state index >= 15 is 0 Å². The van der Waals surface area contributed by atoms with E-state index < -0.39 is 0 Å². The second-order valence-electron chi connectivity index (χ2n) is 6.70. The van der Waals surface area contributed by atoms with E-state index in [1.54, 1.807) is 5.56 Å². The van der Waals surface area contributed by atoms with Crippen LogP contribution in [-0.2, 0) is 0 Å². The normalized spacial score (nSPS) is 24.5. The van der Waals surface area contributed by atoms with Gasteiger partial charge in [-0.15, -0.1) is 0 Å². The molecule has 0 heterocycles. The Balaban J connectivity index is 1.83. The molecule has 2 rings (SSSR count). The van der Waals surface area contributed by atoms with E-state index in [-0.39, 0.29) is 0 Å². The lowest BCUT2D eigenvalue weighted by atomic mass is 9.72. The minimum absolute atomic E-state index is 0.799. The van der Waals surface area contributed by atoms with Gasteiger partial charge in [-0.2, -0.15) is 0 Å². The topological polar surface area (TPSA) is 0 Å². The highest BCUT2D eigenvalue weighted by Crippen LogP contribution is 2.41. The number of hydrogen-bond acceptors (Lipinski definition) is 0. The first kappa shape index (κ1) is 15.6. The van der Waals surface area contributed by atoms with Crippen LogP contribution in [0, 0.1) is 11.8 Å². The Morgan fingerprint density at radius 1 is 0.950 bits per heavy atom. The molecule has 1 aromatic carbocycles. The van der Waals surface area contributed by atoms with Gasteiger partial charge < -0.3 is 0 Å². The highest BCUT2D eigenvalue weighted by atomic mass is 14.3. The molecule has 0 N–H and O–H groups in total. The van der Waals surface area contributed by atoms with Crippen LogP contribution in [0.5, 0.6) is 0 Å². The van der Waals surface area contributed by atoms with Crippen molar-refractivity contribution in [2.45, 2.75) is 77.6 Å². The van der Waals surface area contributed by atoms with Gasteiger partial charge in [-0.3, -0.25) is 0 Å². The van der Waals surface area contributed by atoms with Crippen molar-refractivity contribution in [3.8, 4) is 0 Å². The van der Waals surface area contributed by atoms with Crippen molar-refractivity contribution in [3.05, 3.63) is 35.9 Å². The Hall–Kier alpha value is -0.780. The maximum atomic E-state index is 2.37. The second-order valence-corrected chi connectivity index (χ2v) is 6.70. The number of hydrogen-bond donors (Lipinski definition) is 0. The average Bonchev–Trinajstić information content (AvgIpc) is 2.51. The predicted molar refractivity (Wildman–Crippen MR) is 89.1 cm³/mol. The molecule has 1 aliphatic carbocycles. The van der Waals surface area contributed by atoms with Crippen LogP contribution < -0.4 is 0 Å². The molecule has 0 heteroatoms. The molecule has 1 saturated carbocycles. The van der Waals surface area contributed by atoms with Crippen LogP contribution in [-0.4, -0.2) is 0 Å². The van der Waals surface area contributed by atoms with Crippen LogP contribution in [0.4, 0.5) is 0 Å². The Morgan fingerprint density at radius 3 is 2.25 bits per heavy atom. The fourth-order valence-electron chi connectivity index (χ4n) is 4.10. The van der Waals surface area contributed by atoms with E-state index in [1.807, 2.05) is 0 Å². The van der Waals surface area contributed by atoms with E-state index in [0.717, 1.165) is 17.8 Å². The van der Waals surface area contributed by atoms with E-state index in [9.17, 15) is 0 Å². The van der Waals surface area contributed by atoms with Gasteiger partial charge in [0.2, 0.25) is 0 Å². The van der Waals surface area contributed by atoms with Crippen molar-refractivity contribution >= 4 is 0 Å². The summed E-state index contributed by atoms with van der Waals surface area (Å²) in [4.78, 5) is 0. The van der Waals surface area contributed by atoms with Crippen LogP contribution in [0.1, 0.15) is 83.1 Å². The van der Waals surface area contributed by atoms with Crippen molar-refractivity contribution in [3.63, 3.8) is 0 Å². The zero-order valence-electron chi connectivity index (χ0n) is 13.5. The Labute approximate surface area is 126 Å². The fraction of sp³-hybridized carbons (Fsp3) is 0.700. The van der Waals surface area contributed by atoms with Crippen LogP contribution >= 0.6 is 0 Å². The second kappa shape index (κ2) is 8.49. The zero-order chi connectivity index (χ0) is 14.2. The van der Waals surface area contributed by atoms with Gasteiger partial charge in [0.25, 0.3) is 0 Å². The number of benzene rings is 1. The summed E-state index contributed by atoms with van der Waals surface area (Å²) in [6, 6.07) is 11.2. The van der Waals surface area contributed by atoms with Crippen LogP contribution in [0.3, 0.4) is 0 Å². The minimum Gasteiger partial charge on any atom is -0.0654 e. The summed E-state index contributed by atoms with van der Waals surface area (Å²) in [6.45, 7) is 4.67. The van der Waals surface area contributed by atoms with Gasteiger partial charge in [0.15, 0.2) is 0 Å². The zero-order valence-corrected chi connectivity index (χ0v) is 13.5. The molecule has 1 unspecified atom stereocenters. The maximum absolute atomic E-state index is 2.37. The molecular formula is C20H32. The Bertz CT molecular complexity index is 346. The summed E-state index contributed by atoms with van der Waals surface area (Å²) >= 11 is 0. The molecule has 0 nitrogen and oxygen atoms in total. The summed E-state index contributed by atoms with van der Waals surface area (Å²) in [7, 11) is 0. The summed E-state index contributed by atoms with van der Waals surface area (Å²) < 4.78 is 0. The van der Waals surface area contributed by atoms with Crippen LogP contribution in [0.25, 0.3) is 0 Å².